The summed E-state index contributed by atoms with van der Waals surface area (Å²) < 4.78 is 2.36. The SMILES string of the molecule is CCc1ccc(NC(=O)Cc2n[nH]c(=S)n2Cc2ccccc2)cc1. The third-order valence-corrected chi connectivity index (χ3v) is 4.30. The van der Waals surface area contributed by atoms with Crippen LogP contribution in [0, 0.1) is 4.77 Å². The molecule has 2 aromatic carbocycles. The molecule has 0 atom stereocenters. The number of hydrogen-bond acceptors (Lipinski definition) is 3. The molecule has 0 spiro atoms. The van der Waals surface area contributed by atoms with Gasteiger partial charge in [-0.1, -0.05) is 49.4 Å². The minimum Gasteiger partial charge on any atom is -0.326 e. The normalized spacial score (nSPS) is 10.6. The van der Waals surface area contributed by atoms with Crippen molar-refractivity contribution in [2.45, 2.75) is 26.3 Å². The van der Waals surface area contributed by atoms with Crippen molar-refractivity contribution in [3.05, 3.63) is 76.3 Å². The number of aromatic nitrogens is 3. The van der Waals surface area contributed by atoms with Gasteiger partial charge in [0.05, 0.1) is 13.0 Å². The van der Waals surface area contributed by atoms with E-state index in [4.69, 9.17) is 12.2 Å². The van der Waals surface area contributed by atoms with Crippen molar-refractivity contribution in [1.29, 1.82) is 0 Å². The third kappa shape index (κ3) is 4.42. The predicted octanol–water partition coefficient (Wildman–Crippen LogP) is 3.73. The molecule has 0 saturated carbocycles. The maximum absolute atomic E-state index is 12.3. The first-order valence-electron chi connectivity index (χ1n) is 8.22. The van der Waals surface area contributed by atoms with Gasteiger partial charge in [-0.05, 0) is 41.9 Å². The molecule has 3 aromatic rings. The number of rotatable bonds is 6. The molecule has 0 unspecified atom stereocenters. The monoisotopic (exact) mass is 352 g/mol. The van der Waals surface area contributed by atoms with Gasteiger partial charge >= 0.3 is 0 Å². The number of hydrogen-bond donors (Lipinski definition) is 2. The quantitative estimate of drug-likeness (QED) is 0.665. The molecule has 0 radical (unpaired) electrons. The van der Waals surface area contributed by atoms with Crippen LogP contribution in [0.2, 0.25) is 0 Å². The maximum atomic E-state index is 12.3. The van der Waals surface area contributed by atoms with Gasteiger partial charge in [0.2, 0.25) is 5.91 Å². The highest BCUT2D eigenvalue weighted by Crippen LogP contribution is 2.11. The number of aromatic amines is 1. The van der Waals surface area contributed by atoms with Gasteiger partial charge in [0, 0.05) is 5.69 Å². The number of anilines is 1. The Labute approximate surface area is 151 Å². The van der Waals surface area contributed by atoms with E-state index >= 15 is 0 Å². The van der Waals surface area contributed by atoms with Gasteiger partial charge in [0.1, 0.15) is 5.82 Å². The summed E-state index contributed by atoms with van der Waals surface area (Å²) in [5.41, 5.74) is 3.13. The first-order chi connectivity index (χ1) is 12.2. The van der Waals surface area contributed by atoms with Crippen LogP contribution in [0.5, 0.6) is 0 Å². The summed E-state index contributed by atoms with van der Waals surface area (Å²) in [5, 5.41) is 9.89. The summed E-state index contributed by atoms with van der Waals surface area (Å²) in [6, 6.07) is 17.8. The Hall–Kier alpha value is -2.73. The standard InChI is InChI=1S/C19H20N4OS/c1-2-14-8-10-16(11-9-14)20-18(24)12-17-21-22-19(25)23(17)13-15-6-4-3-5-7-15/h3-11H,2,12-13H2,1H3,(H,20,24)(H,22,25). The number of carbonyl (C=O) groups is 1. The number of amides is 1. The molecule has 1 aromatic heterocycles. The lowest BCUT2D eigenvalue weighted by atomic mass is 10.1. The Morgan fingerprint density at radius 3 is 2.52 bits per heavy atom. The Bertz CT molecular complexity index is 897. The van der Waals surface area contributed by atoms with Gasteiger partial charge in [-0.2, -0.15) is 5.10 Å². The molecular weight excluding hydrogens is 332 g/mol. The van der Waals surface area contributed by atoms with E-state index in [9.17, 15) is 4.79 Å². The Morgan fingerprint density at radius 1 is 1.12 bits per heavy atom. The van der Waals surface area contributed by atoms with Crippen molar-refractivity contribution in [2.24, 2.45) is 0 Å². The zero-order valence-electron chi connectivity index (χ0n) is 14.0. The topological polar surface area (TPSA) is 62.7 Å². The summed E-state index contributed by atoms with van der Waals surface area (Å²) in [4.78, 5) is 12.3. The lowest BCUT2D eigenvalue weighted by Gasteiger charge is -2.08. The van der Waals surface area contributed by atoms with Crippen LogP contribution in [0.15, 0.2) is 54.6 Å². The highest BCUT2D eigenvalue weighted by Gasteiger charge is 2.12. The van der Waals surface area contributed by atoms with E-state index in [0.29, 0.717) is 17.1 Å². The van der Waals surface area contributed by atoms with Crippen molar-refractivity contribution < 1.29 is 4.79 Å². The molecule has 1 heterocycles. The molecule has 0 bridgehead atoms. The molecule has 0 aliphatic carbocycles. The summed E-state index contributed by atoms with van der Waals surface area (Å²) >= 11 is 5.30. The highest BCUT2D eigenvalue weighted by molar-refractivity contribution is 7.71. The van der Waals surface area contributed by atoms with E-state index in [2.05, 4.69) is 22.4 Å². The second-order valence-corrected chi connectivity index (χ2v) is 6.18. The molecule has 0 fully saturated rings. The predicted molar refractivity (Wildman–Crippen MR) is 101 cm³/mol. The van der Waals surface area contributed by atoms with Gasteiger partial charge in [0.25, 0.3) is 0 Å². The van der Waals surface area contributed by atoms with E-state index in [1.54, 1.807) is 0 Å². The van der Waals surface area contributed by atoms with Crippen molar-refractivity contribution in [2.75, 3.05) is 5.32 Å². The minimum atomic E-state index is -0.118. The zero-order chi connectivity index (χ0) is 17.6. The number of nitrogens with one attached hydrogen (secondary N) is 2. The second-order valence-electron chi connectivity index (χ2n) is 5.79. The molecular formula is C19H20N4OS. The smallest absolute Gasteiger partial charge is 0.232 e. The Morgan fingerprint density at radius 2 is 1.84 bits per heavy atom. The fraction of sp³-hybridized carbons (Fsp3) is 0.211. The zero-order valence-corrected chi connectivity index (χ0v) is 14.8. The van der Waals surface area contributed by atoms with Crippen LogP contribution in [0.3, 0.4) is 0 Å². The molecule has 0 aliphatic rings. The van der Waals surface area contributed by atoms with Gasteiger partial charge in [-0.15, -0.1) is 0 Å². The first-order valence-corrected chi connectivity index (χ1v) is 8.63. The van der Waals surface area contributed by atoms with Gasteiger partial charge in [-0.25, -0.2) is 0 Å². The van der Waals surface area contributed by atoms with Crippen LogP contribution >= 0.6 is 12.2 Å². The van der Waals surface area contributed by atoms with Crippen LogP contribution in [0.4, 0.5) is 5.69 Å². The van der Waals surface area contributed by atoms with Crippen molar-refractivity contribution >= 4 is 23.8 Å². The fourth-order valence-electron chi connectivity index (χ4n) is 2.59. The number of benzene rings is 2. The second kappa shape index (κ2) is 7.90. The maximum Gasteiger partial charge on any atom is 0.232 e. The Kier molecular flexibility index (Phi) is 5.40. The van der Waals surface area contributed by atoms with E-state index in [0.717, 1.165) is 17.7 Å². The lowest BCUT2D eigenvalue weighted by Crippen LogP contribution is -2.18. The van der Waals surface area contributed by atoms with Gasteiger partial charge in [-0.3, -0.25) is 14.5 Å². The van der Waals surface area contributed by atoms with E-state index < -0.39 is 0 Å². The van der Waals surface area contributed by atoms with Crippen molar-refractivity contribution in [3.63, 3.8) is 0 Å². The molecule has 25 heavy (non-hydrogen) atoms. The molecule has 3 rings (SSSR count). The van der Waals surface area contributed by atoms with E-state index in [1.807, 2.05) is 59.2 Å². The fourth-order valence-corrected chi connectivity index (χ4v) is 2.80. The number of carbonyl (C=O) groups excluding carboxylic acids is 1. The van der Waals surface area contributed by atoms with Crippen molar-refractivity contribution in [1.82, 2.24) is 14.8 Å². The third-order valence-electron chi connectivity index (χ3n) is 3.99. The number of nitrogens with zero attached hydrogens (tertiary/aromatic N) is 2. The molecule has 0 aliphatic heterocycles. The molecule has 2 N–H and O–H groups in total. The number of H-pyrrole nitrogens is 1. The van der Waals surface area contributed by atoms with Crippen molar-refractivity contribution in [3.8, 4) is 0 Å². The first kappa shape index (κ1) is 17.1. The van der Waals surface area contributed by atoms with Crippen LogP contribution in [0.25, 0.3) is 0 Å². The molecule has 128 valence electrons. The lowest BCUT2D eigenvalue weighted by molar-refractivity contribution is -0.115. The summed E-state index contributed by atoms with van der Waals surface area (Å²) in [6.07, 6.45) is 1.14. The van der Waals surface area contributed by atoms with Crippen LogP contribution < -0.4 is 5.32 Å². The van der Waals surface area contributed by atoms with Crippen LogP contribution in [0.1, 0.15) is 23.9 Å². The summed E-state index contributed by atoms with van der Waals surface area (Å²) in [6.45, 7) is 2.69. The minimum absolute atomic E-state index is 0.118. The van der Waals surface area contributed by atoms with Crippen LogP contribution in [-0.4, -0.2) is 20.7 Å². The Balaban J connectivity index is 1.70. The highest BCUT2D eigenvalue weighted by atomic mass is 32.1. The van der Waals surface area contributed by atoms with Gasteiger partial charge in [0.15, 0.2) is 4.77 Å². The number of aryl methyl sites for hydroxylation is 1. The average Bonchev–Trinajstić information content (AvgIpc) is 2.96. The molecule has 1 amide bonds. The van der Waals surface area contributed by atoms with E-state index in [1.165, 1.54) is 5.56 Å². The molecule has 5 nitrogen and oxygen atoms in total. The molecule has 0 saturated heterocycles. The average molecular weight is 352 g/mol. The van der Waals surface area contributed by atoms with Crippen LogP contribution in [-0.2, 0) is 24.2 Å². The summed E-state index contributed by atoms with van der Waals surface area (Å²) in [5.74, 6) is 0.504. The largest absolute Gasteiger partial charge is 0.326 e. The van der Waals surface area contributed by atoms with Gasteiger partial charge < -0.3 is 5.32 Å². The summed E-state index contributed by atoms with van der Waals surface area (Å²) in [7, 11) is 0. The van der Waals surface area contributed by atoms with E-state index in [-0.39, 0.29) is 12.3 Å². The molecule has 6 heteroatoms.